The highest BCUT2D eigenvalue weighted by Gasteiger charge is 2.36. The van der Waals surface area contributed by atoms with Crippen molar-refractivity contribution in [3.63, 3.8) is 0 Å². The third-order valence-electron chi connectivity index (χ3n) is 4.70. The summed E-state index contributed by atoms with van der Waals surface area (Å²) in [5.41, 5.74) is 1.17. The van der Waals surface area contributed by atoms with E-state index in [1.807, 2.05) is 6.07 Å². The van der Waals surface area contributed by atoms with Gasteiger partial charge in [0.05, 0.1) is 19.3 Å². The number of aliphatic hydroxyl groups is 1. The van der Waals surface area contributed by atoms with Crippen LogP contribution in [0.3, 0.4) is 0 Å². The molecule has 0 spiro atoms. The second kappa shape index (κ2) is 6.72. The van der Waals surface area contributed by atoms with Crippen LogP contribution in [-0.4, -0.2) is 43.6 Å². The number of imidazole rings is 1. The average Bonchev–Trinajstić information content (AvgIpc) is 3.08. The van der Waals surface area contributed by atoms with E-state index in [0.717, 1.165) is 5.56 Å². The van der Waals surface area contributed by atoms with Crippen LogP contribution in [0.5, 0.6) is 5.88 Å². The standard InChI is InChI=1S/C18H19N5O3/c1-26-15-4-3-11(9-20-15)16(12-7-13(24)8-12)22-17(25)14-10-23-6-2-5-19-18(23)21-14/h2-6,9-10,12-13,16,24H,7-8H2,1H3,(H,22,25). The van der Waals surface area contributed by atoms with Gasteiger partial charge < -0.3 is 15.2 Å². The molecule has 1 atom stereocenters. The van der Waals surface area contributed by atoms with Crippen LogP contribution < -0.4 is 10.1 Å². The third kappa shape index (κ3) is 3.11. The maximum atomic E-state index is 12.7. The Morgan fingerprint density at radius 2 is 2.23 bits per heavy atom. The number of aliphatic hydroxyl groups excluding tert-OH is 1. The third-order valence-corrected chi connectivity index (χ3v) is 4.70. The van der Waals surface area contributed by atoms with Crippen molar-refractivity contribution in [2.75, 3.05) is 7.11 Å². The number of fused-ring (bicyclic) bond motifs is 1. The van der Waals surface area contributed by atoms with Gasteiger partial charge in [-0.15, -0.1) is 0 Å². The molecule has 1 aliphatic carbocycles. The molecule has 0 saturated heterocycles. The van der Waals surface area contributed by atoms with Gasteiger partial charge >= 0.3 is 0 Å². The largest absolute Gasteiger partial charge is 0.481 e. The summed E-state index contributed by atoms with van der Waals surface area (Å²) in [6.45, 7) is 0. The normalized spacial score (nSPS) is 20.4. The second-order valence-corrected chi connectivity index (χ2v) is 6.42. The number of nitrogens with zero attached hydrogens (tertiary/aromatic N) is 4. The van der Waals surface area contributed by atoms with E-state index in [0.29, 0.717) is 30.2 Å². The fourth-order valence-corrected chi connectivity index (χ4v) is 3.23. The lowest BCUT2D eigenvalue weighted by Gasteiger charge is -2.38. The van der Waals surface area contributed by atoms with E-state index in [2.05, 4.69) is 20.3 Å². The van der Waals surface area contributed by atoms with Gasteiger partial charge in [0, 0.05) is 30.9 Å². The van der Waals surface area contributed by atoms with Gasteiger partial charge in [0.25, 0.3) is 5.91 Å². The topological polar surface area (TPSA) is 102 Å². The van der Waals surface area contributed by atoms with Crippen LogP contribution in [0.15, 0.2) is 43.0 Å². The molecular weight excluding hydrogens is 334 g/mol. The van der Waals surface area contributed by atoms with Crippen molar-refractivity contribution in [1.82, 2.24) is 24.7 Å². The van der Waals surface area contributed by atoms with Crippen LogP contribution in [0.25, 0.3) is 5.78 Å². The van der Waals surface area contributed by atoms with E-state index in [4.69, 9.17) is 4.74 Å². The molecule has 1 unspecified atom stereocenters. The van der Waals surface area contributed by atoms with E-state index in [1.54, 1.807) is 48.4 Å². The predicted molar refractivity (Wildman–Crippen MR) is 92.7 cm³/mol. The van der Waals surface area contributed by atoms with Gasteiger partial charge in [0.15, 0.2) is 0 Å². The van der Waals surface area contributed by atoms with Gasteiger partial charge in [-0.3, -0.25) is 9.20 Å². The van der Waals surface area contributed by atoms with E-state index < -0.39 is 0 Å². The fourth-order valence-electron chi connectivity index (χ4n) is 3.23. The molecule has 1 amide bonds. The molecule has 0 aromatic carbocycles. The lowest BCUT2D eigenvalue weighted by molar-refractivity contribution is 0.0234. The molecule has 1 fully saturated rings. The van der Waals surface area contributed by atoms with Crippen LogP contribution in [0.2, 0.25) is 0 Å². The maximum Gasteiger partial charge on any atom is 0.272 e. The number of carbonyl (C=O) groups is 1. The predicted octanol–water partition coefficient (Wildman–Crippen LogP) is 1.37. The van der Waals surface area contributed by atoms with E-state index in [1.165, 1.54) is 0 Å². The molecule has 0 bridgehead atoms. The molecule has 2 N–H and O–H groups in total. The summed E-state index contributed by atoms with van der Waals surface area (Å²) in [6.07, 6.45) is 7.74. The lowest BCUT2D eigenvalue weighted by atomic mass is 9.75. The zero-order chi connectivity index (χ0) is 18.1. The Labute approximate surface area is 149 Å². The number of rotatable bonds is 5. The number of hydrogen-bond donors (Lipinski definition) is 2. The summed E-state index contributed by atoms with van der Waals surface area (Å²) in [5, 5.41) is 12.7. The van der Waals surface area contributed by atoms with Crippen LogP contribution in [-0.2, 0) is 0 Å². The molecule has 1 saturated carbocycles. The van der Waals surface area contributed by atoms with E-state index in [-0.39, 0.29) is 24.0 Å². The van der Waals surface area contributed by atoms with Gasteiger partial charge in [-0.2, -0.15) is 0 Å². The quantitative estimate of drug-likeness (QED) is 0.718. The number of hydrogen-bond acceptors (Lipinski definition) is 6. The molecule has 3 aromatic rings. The van der Waals surface area contributed by atoms with Crippen LogP contribution in [0.1, 0.15) is 34.9 Å². The van der Waals surface area contributed by atoms with Crippen molar-refractivity contribution in [3.8, 4) is 5.88 Å². The summed E-state index contributed by atoms with van der Waals surface area (Å²) in [6, 6.07) is 5.17. The van der Waals surface area contributed by atoms with Crippen LogP contribution in [0.4, 0.5) is 0 Å². The summed E-state index contributed by atoms with van der Waals surface area (Å²) in [7, 11) is 1.56. The molecule has 3 heterocycles. The number of nitrogens with one attached hydrogen (secondary N) is 1. The molecular formula is C18H19N5O3. The number of ether oxygens (including phenoxy) is 1. The Bertz CT molecular complexity index is 885. The summed E-state index contributed by atoms with van der Waals surface area (Å²) in [5.74, 6) is 0.857. The molecule has 134 valence electrons. The van der Waals surface area contributed by atoms with Gasteiger partial charge in [-0.1, -0.05) is 6.07 Å². The van der Waals surface area contributed by atoms with Gasteiger partial charge in [-0.05, 0) is 30.4 Å². The second-order valence-electron chi connectivity index (χ2n) is 6.42. The van der Waals surface area contributed by atoms with Crippen molar-refractivity contribution in [1.29, 1.82) is 0 Å². The van der Waals surface area contributed by atoms with Crippen molar-refractivity contribution in [3.05, 3.63) is 54.2 Å². The SMILES string of the molecule is COc1ccc(C(NC(=O)c2cn3cccnc3n2)C2CC(O)C2)cn1. The maximum absolute atomic E-state index is 12.7. The number of carbonyl (C=O) groups excluding carboxylic acids is 1. The van der Waals surface area contributed by atoms with E-state index >= 15 is 0 Å². The zero-order valence-electron chi connectivity index (χ0n) is 14.2. The molecule has 3 aromatic heterocycles. The van der Waals surface area contributed by atoms with Gasteiger partial charge in [-0.25, -0.2) is 15.0 Å². The first kappa shape index (κ1) is 16.5. The summed E-state index contributed by atoms with van der Waals surface area (Å²) in [4.78, 5) is 25.3. The Morgan fingerprint density at radius 3 is 2.88 bits per heavy atom. The zero-order valence-corrected chi connectivity index (χ0v) is 14.2. The first-order chi connectivity index (χ1) is 12.6. The van der Waals surface area contributed by atoms with Crippen molar-refractivity contribution in [2.24, 2.45) is 5.92 Å². The van der Waals surface area contributed by atoms with Crippen LogP contribution in [0, 0.1) is 5.92 Å². The molecule has 8 heteroatoms. The Hall–Kier alpha value is -3.00. The number of pyridine rings is 1. The monoisotopic (exact) mass is 353 g/mol. The Morgan fingerprint density at radius 1 is 1.38 bits per heavy atom. The Balaban J connectivity index is 1.58. The molecule has 4 rings (SSSR count). The fraction of sp³-hybridized carbons (Fsp3) is 0.333. The first-order valence-electron chi connectivity index (χ1n) is 8.42. The molecule has 0 radical (unpaired) electrons. The number of aromatic nitrogens is 4. The highest BCUT2D eigenvalue weighted by atomic mass is 16.5. The molecule has 0 aliphatic heterocycles. The smallest absolute Gasteiger partial charge is 0.272 e. The number of amides is 1. The Kier molecular flexibility index (Phi) is 4.26. The van der Waals surface area contributed by atoms with Crippen LogP contribution >= 0.6 is 0 Å². The minimum Gasteiger partial charge on any atom is -0.481 e. The summed E-state index contributed by atoms with van der Waals surface area (Å²) >= 11 is 0. The summed E-state index contributed by atoms with van der Waals surface area (Å²) < 4.78 is 6.79. The molecule has 8 nitrogen and oxygen atoms in total. The van der Waals surface area contributed by atoms with Crippen molar-refractivity contribution in [2.45, 2.75) is 25.0 Å². The van der Waals surface area contributed by atoms with Crippen molar-refractivity contribution < 1.29 is 14.6 Å². The minimum absolute atomic E-state index is 0.152. The molecule has 26 heavy (non-hydrogen) atoms. The van der Waals surface area contributed by atoms with Gasteiger partial charge in [0.2, 0.25) is 11.7 Å². The minimum atomic E-state index is -0.315. The first-order valence-corrected chi connectivity index (χ1v) is 8.42. The highest BCUT2D eigenvalue weighted by Crippen LogP contribution is 2.38. The lowest BCUT2D eigenvalue weighted by Crippen LogP contribution is -2.41. The van der Waals surface area contributed by atoms with E-state index in [9.17, 15) is 9.90 Å². The number of methoxy groups -OCH3 is 1. The van der Waals surface area contributed by atoms with Crippen molar-refractivity contribution >= 4 is 11.7 Å². The van der Waals surface area contributed by atoms with Gasteiger partial charge in [0.1, 0.15) is 5.69 Å². The molecule has 1 aliphatic rings. The average molecular weight is 353 g/mol. The highest BCUT2D eigenvalue weighted by molar-refractivity contribution is 5.93.